The van der Waals surface area contributed by atoms with Crippen LogP contribution in [-0.2, 0) is 0 Å². The van der Waals surface area contributed by atoms with Crippen molar-refractivity contribution >= 4 is 5.97 Å². The topological polar surface area (TPSA) is 26.3 Å². The molecule has 1 aliphatic carbocycles. The molecule has 0 aliphatic heterocycles. The third-order valence-corrected chi connectivity index (χ3v) is 5.33. The summed E-state index contributed by atoms with van der Waals surface area (Å²) < 4.78 is 45.6. The minimum atomic E-state index is -1.13. The Morgan fingerprint density at radius 2 is 1.70 bits per heavy atom. The first-order chi connectivity index (χ1) is 13.0. The number of benzene rings is 2. The van der Waals surface area contributed by atoms with Gasteiger partial charge in [0.15, 0.2) is 11.6 Å². The van der Waals surface area contributed by atoms with Crippen molar-refractivity contribution in [1.82, 2.24) is 0 Å². The van der Waals surface area contributed by atoms with Crippen molar-refractivity contribution in [2.75, 3.05) is 0 Å². The molecule has 0 radical (unpaired) electrons. The second-order valence-corrected chi connectivity index (χ2v) is 7.21. The number of ether oxygens (including phenoxy) is 1. The Morgan fingerprint density at radius 3 is 2.33 bits per heavy atom. The van der Waals surface area contributed by atoms with Crippen LogP contribution in [0.3, 0.4) is 0 Å². The van der Waals surface area contributed by atoms with E-state index in [9.17, 15) is 18.0 Å². The van der Waals surface area contributed by atoms with Crippen LogP contribution in [0, 0.1) is 23.4 Å². The van der Waals surface area contributed by atoms with Gasteiger partial charge in [0.1, 0.15) is 11.6 Å². The van der Waals surface area contributed by atoms with Gasteiger partial charge in [-0.05, 0) is 67.3 Å². The molecule has 2 aromatic carbocycles. The fraction of sp³-hybridized carbons (Fsp3) is 0.409. The molecule has 0 N–H and O–H groups in total. The summed E-state index contributed by atoms with van der Waals surface area (Å²) in [6, 6.07) is 7.30. The minimum absolute atomic E-state index is 0.170. The van der Waals surface area contributed by atoms with E-state index in [0.29, 0.717) is 5.92 Å². The van der Waals surface area contributed by atoms with Crippen molar-refractivity contribution in [2.45, 2.75) is 51.4 Å². The van der Waals surface area contributed by atoms with E-state index in [4.69, 9.17) is 4.74 Å². The average molecular weight is 376 g/mol. The summed E-state index contributed by atoms with van der Waals surface area (Å²) in [6.45, 7) is 2.19. The maximum absolute atomic E-state index is 14.5. The summed E-state index contributed by atoms with van der Waals surface area (Å²) in [4.78, 5) is 12.2. The highest BCUT2D eigenvalue weighted by atomic mass is 19.2. The molecule has 0 spiro atoms. The standard InChI is InChI=1S/C22H23F3O2/c1-2-3-14-4-6-15(7-5-14)16-8-10-18(20(24)12-16)22(26)27-17-9-11-19(23)21(25)13-17/h8-15H,2-7H2,1H3. The molecule has 1 saturated carbocycles. The zero-order chi connectivity index (χ0) is 19.4. The van der Waals surface area contributed by atoms with Crippen LogP contribution in [-0.4, -0.2) is 5.97 Å². The maximum Gasteiger partial charge on any atom is 0.346 e. The lowest BCUT2D eigenvalue weighted by Crippen LogP contribution is -2.15. The van der Waals surface area contributed by atoms with Crippen molar-refractivity contribution in [2.24, 2.45) is 5.92 Å². The monoisotopic (exact) mass is 376 g/mol. The van der Waals surface area contributed by atoms with Crippen LogP contribution in [0.4, 0.5) is 13.2 Å². The van der Waals surface area contributed by atoms with Crippen molar-refractivity contribution in [3.05, 3.63) is 65.0 Å². The number of hydrogen-bond donors (Lipinski definition) is 0. The van der Waals surface area contributed by atoms with Crippen LogP contribution >= 0.6 is 0 Å². The van der Waals surface area contributed by atoms with Crippen LogP contribution < -0.4 is 4.74 Å². The third kappa shape index (κ3) is 4.71. The van der Waals surface area contributed by atoms with Crippen molar-refractivity contribution in [3.8, 4) is 5.75 Å². The molecule has 5 heteroatoms. The number of carbonyl (C=O) groups is 1. The van der Waals surface area contributed by atoms with Crippen LogP contribution in [0.5, 0.6) is 5.75 Å². The number of carbonyl (C=O) groups excluding carboxylic acids is 1. The highest BCUT2D eigenvalue weighted by Crippen LogP contribution is 2.37. The molecule has 0 aromatic heterocycles. The van der Waals surface area contributed by atoms with Gasteiger partial charge in [-0.25, -0.2) is 18.0 Å². The van der Waals surface area contributed by atoms with Crippen LogP contribution in [0.15, 0.2) is 36.4 Å². The molecule has 144 valence electrons. The Labute approximate surface area is 157 Å². The molecule has 2 nitrogen and oxygen atoms in total. The summed E-state index contributed by atoms with van der Waals surface area (Å²) in [5, 5.41) is 0. The van der Waals surface area contributed by atoms with Crippen LogP contribution in [0.25, 0.3) is 0 Å². The summed E-state index contributed by atoms with van der Waals surface area (Å²) in [6.07, 6.45) is 6.81. The second kappa shape index (κ2) is 8.59. The lowest BCUT2D eigenvalue weighted by molar-refractivity contribution is 0.0729. The largest absolute Gasteiger partial charge is 0.423 e. The van der Waals surface area contributed by atoms with E-state index in [-0.39, 0.29) is 11.3 Å². The minimum Gasteiger partial charge on any atom is -0.423 e. The normalized spacial score (nSPS) is 19.7. The number of hydrogen-bond acceptors (Lipinski definition) is 2. The molecule has 0 amide bonds. The summed E-state index contributed by atoms with van der Waals surface area (Å²) in [5.41, 5.74) is 0.676. The van der Waals surface area contributed by atoms with Gasteiger partial charge in [0.2, 0.25) is 0 Å². The highest BCUT2D eigenvalue weighted by Gasteiger charge is 2.23. The van der Waals surface area contributed by atoms with Gasteiger partial charge in [0.05, 0.1) is 5.56 Å². The SMILES string of the molecule is CCCC1CCC(c2ccc(C(=O)Oc3ccc(F)c(F)c3)c(F)c2)CC1. The number of rotatable bonds is 5. The van der Waals surface area contributed by atoms with E-state index in [0.717, 1.165) is 55.4 Å². The molecular weight excluding hydrogens is 353 g/mol. The number of esters is 1. The zero-order valence-corrected chi connectivity index (χ0v) is 15.3. The maximum atomic E-state index is 14.5. The molecular formula is C22H23F3O2. The molecule has 27 heavy (non-hydrogen) atoms. The molecule has 0 saturated heterocycles. The predicted octanol–water partition coefficient (Wildman–Crippen LogP) is 6.40. The molecule has 0 bridgehead atoms. The summed E-state index contributed by atoms with van der Waals surface area (Å²) in [5.74, 6) is -2.86. The fourth-order valence-corrected chi connectivity index (χ4v) is 3.85. The van der Waals surface area contributed by atoms with Crippen molar-refractivity contribution < 1.29 is 22.7 Å². The lowest BCUT2D eigenvalue weighted by Gasteiger charge is -2.28. The van der Waals surface area contributed by atoms with Crippen molar-refractivity contribution in [3.63, 3.8) is 0 Å². The smallest absolute Gasteiger partial charge is 0.346 e. The molecule has 2 aromatic rings. The average Bonchev–Trinajstić information content (AvgIpc) is 2.65. The Kier molecular flexibility index (Phi) is 6.19. The molecule has 0 atom stereocenters. The molecule has 0 unspecified atom stereocenters. The molecule has 1 aliphatic rings. The molecule has 0 heterocycles. The summed E-state index contributed by atoms with van der Waals surface area (Å²) in [7, 11) is 0. The Hall–Kier alpha value is -2.30. The highest BCUT2D eigenvalue weighted by molar-refractivity contribution is 5.91. The van der Waals surface area contributed by atoms with E-state index in [1.807, 2.05) is 0 Å². The first-order valence-electron chi connectivity index (χ1n) is 9.44. The Morgan fingerprint density at radius 1 is 0.963 bits per heavy atom. The van der Waals surface area contributed by atoms with E-state index in [1.54, 1.807) is 6.07 Å². The predicted molar refractivity (Wildman–Crippen MR) is 97.3 cm³/mol. The Bertz CT molecular complexity index is 811. The van der Waals surface area contributed by atoms with Gasteiger partial charge < -0.3 is 4.74 Å². The van der Waals surface area contributed by atoms with E-state index in [1.165, 1.54) is 25.0 Å². The third-order valence-electron chi connectivity index (χ3n) is 5.33. The molecule has 1 fully saturated rings. The molecule has 3 rings (SSSR count). The second-order valence-electron chi connectivity index (χ2n) is 7.21. The quantitative estimate of drug-likeness (QED) is 0.446. The Balaban J connectivity index is 1.67. The first kappa shape index (κ1) is 19.5. The van der Waals surface area contributed by atoms with Gasteiger partial charge in [-0.1, -0.05) is 25.8 Å². The zero-order valence-electron chi connectivity index (χ0n) is 15.3. The van der Waals surface area contributed by atoms with Gasteiger partial charge in [-0.15, -0.1) is 0 Å². The number of halogens is 3. The van der Waals surface area contributed by atoms with Crippen molar-refractivity contribution in [1.29, 1.82) is 0 Å². The summed E-state index contributed by atoms with van der Waals surface area (Å²) >= 11 is 0. The van der Waals surface area contributed by atoms with Crippen LogP contribution in [0.1, 0.15) is 67.3 Å². The van der Waals surface area contributed by atoms with Crippen LogP contribution in [0.2, 0.25) is 0 Å². The fourth-order valence-electron chi connectivity index (χ4n) is 3.85. The lowest BCUT2D eigenvalue weighted by atomic mass is 9.77. The van der Waals surface area contributed by atoms with E-state index >= 15 is 0 Å². The van der Waals surface area contributed by atoms with Gasteiger partial charge >= 0.3 is 5.97 Å². The van der Waals surface area contributed by atoms with E-state index < -0.39 is 23.4 Å². The van der Waals surface area contributed by atoms with Gasteiger partial charge in [-0.3, -0.25) is 0 Å². The van der Waals surface area contributed by atoms with Gasteiger partial charge in [-0.2, -0.15) is 0 Å². The first-order valence-corrected chi connectivity index (χ1v) is 9.44. The van der Waals surface area contributed by atoms with Gasteiger partial charge in [0, 0.05) is 6.07 Å². The van der Waals surface area contributed by atoms with E-state index in [2.05, 4.69) is 6.92 Å². The van der Waals surface area contributed by atoms with Gasteiger partial charge in [0.25, 0.3) is 0 Å².